The quantitative estimate of drug-likeness (QED) is 0.725. The van der Waals surface area contributed by atoms with E-state index in [0.29, 0.717) is 17.1 Å². The van der Waals surface area contributed by atoms with Gasteiger partial charge in [0.05, 0.1) is 17.4 Å². The standard InChI is InChI=1S/C11H7N3O2/c15-10-7-3-1-2-4-8(7)14(11(10)16)9-5-6-12-13-9/h1-6H,(H,12,13). The molecule has 1 aromatic carbocycles. The molecule has 78 valence electrons. The van der Waals surface area contributed by atoms with Gasteiger partial charge in [-0.2, -0.15) is 5.10 Å². The number of rotatable bonds is 1. The van der Waals surface area contributed by atoms with Crippen LogP contribution < -0.4 is 4.90 Å². The number of hydrogen-bond acceptors (Lipinski definition) is 3. The normalized spacial score (nSPS) is 14.4. The summed E-state index contributed by atoms with van der Waals surface area (Å²) < 4.78 is 0. The van der Waals surface area contributed by atoms with Gasteiger partial charge in [-0.05, 0) is 12.1 Å². The molecule has 1 aliphatic rings. The lowest BCUT2D eigenvalue weighted by molar-refractivity contribution is -0.113. The number of fused-ring (bicyclic) bond motifs is 1. The summed E-state index contributed by atoms with van der Waals surface area (Å²) in [6, 6.07) is 8.55. The minimum absolute atomic E-state index is 0.433. The van der Waals surface area contributed by atoms with Crippen molar-refractivity contribution in [2.75, 3.05) is 4.90 Å². The van der Waals surface area contributed by atoms with Crippen LogP contribution in [-0.2, 0) is 4.79 Å². The summed E-state index contributed by atoms with van der Waals surface area (Å²) in [7, 11) is 0. The van der Waals surface area contributed by atoms with Gasteiger partial charge in [-0.1, -0.05) is 12.1 Å². The van der Waals surface area contributed by atoms with Crippen molar-refractivity contribution in [3.63, 3.8) is 0 Å². The van der Waals surface area contributed by atoms with Crippen LogP contribution in [0, 0.1) is 0 Å². The molecule has 0 bridgehead atoms. The summed E-state index contributed by atoms with van der Waals surface area (Å²) in [4.78, 5) is 24.8. The van der Waals surface area contributed by atoms with Crippen molar-refractivity contribution in [3.8, 4) is 0 Å². The number of anilines is 2. The number of ketones is 1. The van der Waals surface area contributed by atoms with Crippen molar-refractivity contribution in [1.29, 1.82) is 0 Å². The van der Waals surface area contributed by atoms with Gasteiger partial charge in [0.2, 0.25) is 0 Å². The van der Waals surface area contributed by atoms with E-state index < -0.39 is 11.7 Å². The molecule has 5 nitrogen and oxygen atoms in total. The second-order valence-electron chi connectivity index (χ2n) is 3.43. The smallest absolute Gasteiger partial charge is 0.283 e. The van der Waals surface area contributed by atoms with Crippen LogP contribution >= 0.6 is 0 Å². The van der Waals surface area contributed by atoms with E-state index in [1.54, 1.807) is 30.3 Å². The van der Waals surface area contributed by atoms with Crippen LogP contribution in [0.2, 0.25) is 0 Å². The number of aromatic nitrogens is 2. The fraction of sp³-hybridized carbons (Fsp3) is 0. The molecule has 16 heavy (non-hydrogen) atoms. The Morgan fingerprint density at radius 3 is 2.69 bits per heavy atom. The Labute approximate surface area is 90.7 Å². The Morgan fingerprint density at radius 1 is 1.12 bits per heavy atom. The van der Waals surface area contributed by atoms with Crippen molar-refractivity contribution in [1.82, 2.24) is 10.2 Å². The Bertz CT molecular complexity index is 575. The molecule has 1 amide bonds. The molecule has 0 aliphatic carbocycles. The molecule has 0 saturated heterocycles. The number of carbonyl (C=O) groups excluding carboxylic acids is 2. The minimum Gasteiger partial charge on any atom is -0.283 e. The van der Waals surface area contributed by atoms with E-state index in [2.05, 4.69) is 10.2 Å². The van der Waals surface area contributed by atoms with Gasteiger partial charge in [0.25, 0.3) is 5.78 Å². The topological polar surface area (TPSA) is 66.1 Å². The molecule has 0 unspecified atom stereocenters. The van der Waals surface area contributed by atoms with Crippen LogP contribution in [0.1, 0.15) is 10.4 Å². The largest absolute Gasteiger partial charge is 0.305 e. The van der Waals surface area contributed by atoms with Gasteiger partial charge in [-0.15, -0.1) is 0 Å². The van der Waals surface area contributed by atoms with Gasteiger partial charge in [-0.25, -0.2) is 0 Å². The molecular formula is C11H7N3O2. The number of aromatic amines is 1. The number of carbonyl (C=O) groups is 2. The number of benzene rings is 1. The Morgan fingerprint density at radius 2 is 1.94 bits per heavy atom. The number of nitrogens with zero attached hydrogens (tertiary/aromatic N) is 2. The van der Waals surface area contributed by atoms with Crippen molar-refractivity contribution in [2.45, 2.75) is 0 Å². The first kappa shape index (κ1) is 8.84. The molecule has 0 saturated carbocycles. The first-order valence-electron chi connectivity index (χ1n) is 4.76. The zero-order valence-electron chi connectivity index (χ0n) is 8.18. The van der Waals surface area contributed by atoms with Crippen molar-refractivity contribution >= 4 is 23.2 Å². The van der Waals surface area contributed by atoms with Gasteiger partial charge >= 0.3 is 5.91 Å². The number of nitrogens with one attached hydrogen (secondary N) is 1. The SMILES string of the molecule is O=C1C(=O)N(c2ccn[nH]2)c2ccccc21. The van der Waals surface area contributed by atoms with Crippen LogP contribution in [0.25, 0.3) is 0 Å². The molecule has 0 radical (unpaired) electrons. The van der Waals surface area contributed by atoms with Crippen molar-refractivity contribution < 1.29 is 9.59 Å². The van der Waals surface area contributed by atoms with Gasteiger partial charge in [-0.3, -0.25) is 19.6 Å². The predicted molar refractivity (Wildman–Crippen MR) is 56.5 cm³/mol. The highest BCUT2D eigenvalue weighted by molar-refractivity contribution is 6.53. The molecule has 5 heteroatoms. The highest BCUT2D eigenvalue weighted by Crippen LogP contribution is 2.33. The van der Waals surface area contributed by atoms with Gasteiger partial charge < -0.3 is 0 Å². The average molecular weight is 213 g/mol. The maximum atomic E-state index is 11.8. The lowest BCUT2D eigenvalue weighted by atomic mass is 10.1. The number of hydrogen-bond donors (Lipinski definition) is 1. The lowest BCUT2D eigenvalue weighted by Gasteiger charge is -2.12. The van der Waals surface area contributed by atoms with Gasteiger partial charge in [0.1, 0.15) is 5.82 Å². The van der Waals surface area contributed by atoms with Gasteiger partial charge in [0, 0.05) is 6.07 Å². The Kier molecular flexibility index (Phi) is 1.67. The second-order valence-corrected chi connectivity index (χ2v) is 3.43. The summed E-state index contributed by atoms with van der Waals surface area (Å²) in [5.41, 5.74) is 1.03. The molecule has 2 aromatic rings. The van der Waals surface area contributed by atoms with E-state index in [-0.39, 0.29) is 0 Å². The third-order valence-corrected chi connectivity index (χ3v) is 2.51. The highest BCUT2D eigenvalue weighted by atomic mass is 16.2. The minimum atomic E-state index is -0.551. The summed E-state index contributed by atoms with van der Waals surface area (Å²) in [6.07, 6.45) is 1.54. The number of H-pyrrole nitrogens is 1. The molecule has 0 atom stereocenters. The third-order valence-electron chi connectivity index (χ3n) is 2.51. The van der Waals surface area contributed by atoms with E-state index in [4.69, 9.17) is 0 Å². The van der Waals surface area contributed by atoms with E-state index >= 15 is 0 Å². The maximum absolute atomic E-state index is 11.8. The lowest BCUT2D eigenvalue weighted by Crippen LogP contribution is -2.25. The van der Waals surface area contributed by atoms with Crippen LogP contribution in [0.15, 0.2) is 36.5 Å². The Balaban J connectivity index is 2.22. The van der Waals surface area contributed by atoms with Crippen LogP contribution in [0.3, 0.4) is 0 Å². The van der Waals surface area contributed by atoms with Crippen molar-refractivity contribution in [2.24, 2.45) is 0 Å². The van der Waals surface area contributed by atoms with E-state index in [0.717, 1.165) is 0 Å². The maximum Gasteiger partial charge on any atom is 0.305 e. The second kappa shape index (κ2) is 3.03. The Hall–Kier alpha value is -2.43. The fourth-order valence-electron chi connectivity index (χ4n) is 1.80. The summed E-state index contributed by atoms with van der Waals surface area (Å²) in [5, 5.41) is 6.44. The zero-order valence-corrected chi connectivity index (χ0v) is 8.18. The van der Waals surface area contributed by atoms with E-state index in [9.17, 15) is 9.59 Å². The summed E-state index contributed by atoms with van der Waals surface area (Å²) in [5.74, 6) is -0.529. The zero-order chi connectivity index (χ0) is 11.1. The predicted octanol–water partition coefficient (Wildman–Crippen LogP) is 1.27. The molecule has 0 spiro atoms. The molecule has 1 N–H and O–H groups in total. The van der Waals surface area contributed by atoms with Crippen molar-refractivity contribution in [3.05, 3.63) is 42.1 Å². The molecule has 3 rings (SSSR count). The van der Waals surface area contributed by atoms with E-state index in [1.165, 1.54) is 11.1 Å². The fourth-order valence-corrected chi connectivity index (χ4v) is 1.80. The summed E-state index contributed by atoms with van der Waals surface area (Å²) >= 11 is 0. The molecule has 1 aliphatic heterocycles. The first-order valence-corrected chi connectivity index (χ1v) is 4.76. The number of Topliss-reactive ketones (excluding diaryl/α,β-unsaturated/α-hetero) is 1. The van der Waals surface area contributed by atoms with Crippen LogP contribution in [0.5, 0.6) is 0 Å². The summed E-state index contributed by atoms with van der Waals surface area (Å²) in [6.45, 7) is 0. The molecule has 1 aromatic heterocycles. The van der Waals surface area contributed by atoms with E-state index in [1.807, 2.05) is 0 Å². The monoisotopic (exact) mass is 213 g/mol. The van der Waals surface area contributed by atoms with Crippen LogP contribution in [-0.4, -0.2) is 21.9 Å². The number of para-hydroxylation sites is 1. The number of amides is 1. The molecular weight excluding hydrogens is 206 g/mol. The van der Waals surface area contributed by atoms with Crippen LogP contribution in [0.4, 0.5) is 11.5 Å². The first-order chi connectivity index (χ1) is 7.79. The average Bonchev–Trinajstić information content (AvgIpc) is 2.89. The molecule has 0 fully saturated rings. The highest BCUT2D eigenvalue weighted by Gasteiger charge is 2.36. The van der Waals surface area contributed by atoms with Gasteiger partial charge in [0.15, 0.2) is 0 Å². The third kappa shape index (κ3) is 1.02. The molecule has 2 heterocycles.